The lowest BCUT2D eigenvalue weighted by Gasteiger charge is -2.40. The Kier molecular flexibility index (Phi) is 4.99. The molecule has 2 fully saturated rings. The third-order valence-corrected chi connectivity index (χ3v) is 5.37. The van der Waals surface area contributed by atoms with E-state index >= 15 is 0 Å². The van der Waals surface area contributed by atoms with Gasteiger partial charge in [-0.05, 0) is 24.1 Å². The van der Waals surface area contributed by atoms with E-state index in [-0.39, 0.29) is 42.6 Å². The lowest BCUT2D eigenvalue weighted by atomic mass is 9.89. The highest BCUT2D eigenvalue weighted by Gasteiger charge is 2.43. The van der Waals surface area contributed by atoms with E-state index in [2.05, 4.69) is 0 Å². The van der Waals surface area contributed by atoms with E-state index in [9.17, 15) is 14.4 Å². The second-order valence-corrected chi connectivity index (χ2v) is 7.24. The van der Waals surface area contributed by atoms with E-state index < -0.39 is 0 Å². The van der Waals surface area contributed by atoms with Crippen LogP contribution in [0.3, 0.4) is 0 Å². The van der Waals surface area contributed by atoms with E-state index in [4.69, 9.17) is 11.6 Å². The number of nitrogens with zero attached hydrogens (tertiary/aromatic N) is 3. The van der Waals surface area contributed by atoms with Crippen molar-refractivity contribution < 1.29 is 14.4 Å². The number of carbonyl (C=O) groups is 3. The molecule has 1 aromatic carbocycles. The second-order valence-electron chi connectivity index (χ2n) is 6.81. The number of rotatable bonds is 2. The van der Waals surface area contributed by atoms with E-state index in [0.29, 0.717) is 24.5 Å². The van der Waals surface area contributed by atoms with Crippen LogP contribution in [0.15, 0.2) is 24.3 Å². The van der Waals surface area contributed by atoms with Gasteiger partial charge in [-0.25, -0.2) is 0 Å². The molecule has 2 saturated heterocycles. The highest BCUT2D eigenvalue weighted by atomic mass is 35.5. The standard InChI is InChI=1S/C18H22ClN3O3/c1-20-11-17(24)21(2)15-10-22(7-6-14(15)18(20)25)16(23)9-12-4-3-5-13(19)8-12/h3-5,8,14-15H,6-7,9-11H2,1-2H3/t14-,15+/m0/s1. The van der Waals surface area contributed by atoms with Gasteiger partial charge in [0, 0.05) is 32.2 Å². The Labute approximate surface area is 152 Å². The molecule has 0 bridgehead atoms. The molecule has 0 aliphatic carbocycles. The average Bonchev–Trinajstić information content (AvgIpc) is 2.66. The normalized spacial score (nSPS) is 24.2. The largest absolute Gasteiger partial charge is 0.340 e. The zero-order chi connectivity index (χ0) is 18.1. The number of carbonyl (C=O) groups excluding carboxylic acids is 3. The van der Waals surface area contributed by atoms with E-state index in [1.165, 1.54) is 4.90 Å². The number of likely N-dealkylation sites (N-methyl/N-ethyl adjacent to an activating group) is 2. The minimum Gasteiger partial charge on any atom is -0.340 e. The van der Waals surface area contributed by atoms with Gasteiger partial charge in [-0.2, -0.15) is 0 Å². The number of amides is 3. The van der Waals surface area contributed by atoms with Gasteiger partial charge in [0.25, 0.3) is 0 Å². The van der Waals surface area contributed by atoms with Crippen molar-refractivity contribution in [3.05, 3.63) is 34.9 Å². The van der Waals surface area contributed by atoms with Crippen LogP contribution in [0, 0.1) is 5.92 Å². The van der Waals surface area contributed by atoms with E-state index in [1.807, 2.05) is 12.1 Å². The number of hydrogen-bond donors (Lipinski definition) is 0. The summed E-state index contributed by atoms with van der Waals surface area (Å²) >= 11 is 5.98. The molecule has 0 N–H and O–H groups in total. The number of fused-ring (bicyclic) bond motifs is 1. The van der Waals surface area contributed by atoms with Crippen molar-refractivity contribution in [2.75, 3.05) is 33.7 Å². The molecule has 2 aliphatic heterocycles. The summed E-state index contributed by atoms with van der Waals surface area (Å²) in [6, 6.07) is 6.99. The van der Waals surface area contributed by atoms with Gasteiger partial charge in [-0.1, -0.05) is 23.7 Å². The quantitative estimate of drug-likeness (QED) is 0.788. The molecule has 2 heterocycles. The number of halogens is 1. The molecule has 0 saturated carbocycles. The minimum atomic E-state index is -0.262. The van der Waals surface area contributed by atoms with Gasteiger partial charge in [-0.15, -0.1) is 0 Å². The maximum atomic E-state index is 12.7. The summed E-state index contributed by atoms with van der Waals surface area (Å²) in [4.78, 5) is 42.3. The van der Waals surface area contributed by atoms with Gasteiger partial charge >= 0.3 is 0 Å². The maximum absolute atomic E-state index is 12.7. The Balaban J connectivity index is 1.73. The van der Waals surface area contributed by atoms with Crippen LogP contribution in [-0.4, -0.2) is 72.2 Å². The smallest absolute Gasteiger partial charge is 0.242 e. The average molecular weight is 364 g/mol. The molecule has 0 aromatic heterocycles. The Bertz CT molecular complexity index is 709. The van der Waals surface area contributed by atoms with Crippen molar-refractivity contribution in [1.82, 2.24) is 14.7 Å². The van der Waals surface area contributed by atoms with Crippen LogP contribution in [-0.2, 0) is 20.8 Å². The van der Waals surface area contributed by atoms with Crippen LogP contribution >= 0.6 is 11.6 Å². The van der Waals surface area contributed by atoms with Crippen LogP contribution in [0.5, 0.6) is 0 Å². The van der Waals surface area contributed by atoms with E-state index in [1.54, 1.807) is 36.0 Å². The first-order chi connectivity index (χ1) is 11.9. The minimum absolute atomic E-state index is 0.00776. The number of piperidine rings is 1. The zero-order valence-electron chi connectivity index (χ0n) is 14.4. The second kappa shape index (κ2) is 7.04. The molecule has 3 rings (SSSR count). The summed E-state index contributed by atoms with van der Waals surface area (Å²) in [6.07, 6.45) is 0.843. The van der Waals surface area contributed by atoms with Crippen molar-refractivity contribution in [3.63, 3.8) is 0 Å². The topological polar surface area (TPSA) is 60.9 Å². The highest BCUT2D eigenvalue weighted by Crippen LogP contribution is 2.26. The van der Waals surface area contributed by atoms with Gasteiger partial charge < -0.3 is 14.7 Å². The molecule has 0 spiro atoms. The van der Waals surface area contributed by atoms with Crippen molar-refractivity contribution in [2.24, 2.45) is 5.92 Å². The third-order valence-electron chi connectivity index (χ3n) is 5.14. The van der Waals surface area contributed by atoms with Crippen LogP contribution in [0.4, 0.5) is 0 Å². The molecule has 2 atom stereocenters. The molecular formula is C18H22ClN3O3. The molecule has 25 heavy (non-hydrogen) atoms. The summed E-state index contributed by atoms with van der Waals surface area (Å²) in [7, 11) is 3.38. The first-order valence-electron chi connectivity index (χ1n) is 8.39. The Hall–Kier alpha value is -2.08. The SMILES string of the molecule is CN1CC(=O)N(C)[C@@H]2CN(C(=O)Cc3cccc(Cl)c3)CC[C@@H]2C1=O. The van der Waals surface area contributed by atoms with E-state index in [0.717, 1.165) is 5.56 Å². The van der Waals surface area contributed by atoms with Crippen molar-refractivity contribution in [1.29, 1.82) is 0 Å². The number of likely N-dealkylation sites (tertiary alicyclic amines) is 1. The van der Waals surface area contributed by atoms with Crippen molar-refractivity contribution >= 4 is 29.3 Å². The predicted octanol–water partition coefficient (Wildman–Crippen LogP) is 1.03. The molecule has 0 radical (unpaired) electrons. The monoisotopic (exact) mass is 363 g/mol. The molecular weight excluding hydrogens is 342 g/mol. The molecule has 3 amide bonds. The molecule has 2 aliphatic rings. The lowest BCUT2D eigenvalue weighted by molar-refractivity contribution is -0.141. The fourth-order valence-electron chi connectivity index (χ4n) is 3.63. The van der Waals surface area contributed by atoms with Gasteiger partial charge in [0.05, 0.1) is 24.9 Å². The summed E-state index contributed by atoms with van der Waals surface area (Å²) < 4.78 is 0. The van der Waals surface area contributed by atoms with Gasteiger partial charge in [0.1, 0.15) is 0 Å². The Morgan fingerprint density at radius 2 is 2.04 bits per heavy atom. The van der Waals surface area contributed by atoms with Crippen molar-refractivity contribution in [3.8, 4) is 0 Å². The predicted molar refractivity (Wildman–Crippen MR) is 94.0 cm³/mol. The van der Waals surface area contributed by atoms with Crippen LogP contribution in [0.25, 0.3) is 0 Å². The number of benzene rings is 1. The van der Waals surface area contributed by atoms with Gasteiger partial charge in [0.2, 0.25) is 17.7 Å². The molecule has 134 valence electrons. The summed E-state index contributed by atoms with van der Waals surface area (Å²) in [5.41, 5.74) is 0.862. The van der Waals surface area contributed by atoms with Crippen LogP contribution in [0.1, 0.15) is 12.0 Å². The van der Waals surface area contributed by atoms with Crippen molar-refractivity contribution in [2.45, 2.75) is 18.9 Å². The van der Waals surface area contributed by atoms with Gasteiger partial charge in [0.15, 0.2) is 0 Å². The van der Waals surface area contributed by atoms with Crippen LogP contribution < -0.4 is 0 Å². The molecule has 0 unspecified atom stereocenters. The maximum Gasteiger partial charge on any atom is 0.242 e. The molecule has 6 nitrogen and oxygen atoms in total. The lowest BCUT2D eigenvalue weighted by Crippen LogP contribution is -2.55. The fourth-order valence-corrected chi connectivity index (χ4v) is 3.85. The van der Waals surface area contributed by atoms with Crippen LogP contribution in [0.2, 0.25) is 5.02 Å². The number of hydrogen-bond acceptors (Lipinski definition) is 3. The first-order valence-corrected chi connectivity index (χ1v) is 8.77. The Morgan fingerprint density at radius 3 is 2.76 bits per heavy atom. The Morgan fingerprint density at radius 1 is 1.28 bits per heavy atom. The first kappa shape index (κ1) is 17.7. The fraction of sp³-hybridized carbons (Fsp3) is 0.500. The third kappa shape index (κ3) is 3.63. The summed E-state index contributed by atoms with van der Waals surface area (Å²) in [6.45, 7) is 1.02. The summed E-state index contributed by atoms with van der Waals surface area (Å²) in [5.74, 6) is -0.347. The molecule has 1 aromatic rings. The zero-order valence-corrected chi connectivity index (χ0v) is 15.2. The summed E-state index contributed by atoms with van der Waals surface area (Å²) in [5, 5.41) is 0.603. The van der Waals surface area contributed by atoms with Gasteiger partial charge in [-0.3, -0.25) is 14.4 Å². The highest BCUT2D eigenvalue weighted by molar-refractivity contribution is 6.30. The molecule has 7 heteroatoms.